The number of rotatable bonds is 1. The fraction of sp³-hybridized carbons (Fsp3) is 0.286. The second-order valence-electron chi connectivity index (χ2n) is 2.54. The van der Waals surface area contributed by atoms with E-state index in [9.17, 15) is 26.3 Å². The molecule has 1 aromatic heterocycles. The number of thioether (sulfide) groups is 1. The van der Waals surface area contributed by atoms with Crippen molar-refractivity contribution in [3.8, 4) is 0 Å². The molecule has 0 amide bonds. The molecule has 0 saturated heterocycles. The Hall–Kier alpha value is -0.190. The molecule has 0 bridgehead atoms. The number of hydrogen-bond donors (Lipinski definition) is 0. The molecule has 0 aliphatic carbocycles. The number of aromatic nitrogens is 1. The number of halogens is 7. The Kier molecular flexibility index (Phi) is 3.98. The third-order valence-corrected chi connectivity index (χ3v) is 3.44. The predicted molar refractivity (Wildman–Crippen MR) is 53.9 cm³/mol. The molecule has 0 aliphatic heterocycles. The lowest BCUT2D eigenvalue weighted by Gasteiger charge is -2.14. The summed E-state index contributed by atoms with van der Waals surface area (Å²) < 4.78 is 73.1. The van der Waals surface area contributed by atoms with Gasteiger partial charge in [0.15, 0.2) is 0 Å². The van der Waals surface area contributed by atoms with Crippen molar-refractivity contribution >= 4 is 34.4 Å². The highest BCUT2D eigenvalue weighted by Gasteiger charge is 2.39. The second-order valence-corrected chi connectivity index (χ2v) is 4.78. The van der Waals surface area contributed by atoms with E-state index < -0.39 is 33.9 Å². The minimum absolute atomic E-state index is 0.185. The molecule has 1 nitrogen and oxygen atoms in total. The first-order chi connectivity index (χ1) is 7.11. The SMILES string of the molecule is FC(F)(F)Sc1c(I)cncc1C(F)(F)F. The van der Waals surface area contributed by atoms with Crippen LogP contribution in [0.2, 0.25) is 0 Å². The molecule has 1 rings (SSSR count). The molecule has 0 atom stereocenters. The van der Waals surface area contributed by atoms with Crippen LogP contribution in [0.5, 0.6) is 0 Å². The molecule has 0 spiro atoms. The number of nitrogens with zero attached hydrogens (tertiary/aromatic N) is 1. The zero-order chi connectivity index (χ0) is 12.6. The van der Waals surface area contributed by atoms with Crippen LogP contribution in [0.25, 0.3) is 0 Å². The van der Waals surface area contributed by atoms with E-state index in [2.05, 4.69) is 4.98 Å². The summed E-state index contributed by atoms with van der Waals surface area (Å²) in [5.74, 6) is 0. The predicted octanol–water partition coefficient (Wildman–Crippen LogP) is 4.32. The summed E-state index contributed by atoms with van der Waals surface area (Å²) in [5, 5.41) is 0. The molecule has 0 radical (unpaired) electrons. The molecule has 0 aliphatic rings. The zero-order valence-corrected chi connectivity index (χ0v) is 10.1. The summed E-state index contributed by atoms with van der Waals surface area (Å²) in [6.07, 6.45) is -3.51. The largest absolute Gasteiger partial charge is 0.446 e. The number of pyridine rings is 1. The van der Waals surface area contributed by atoms with Crippen LogP contribution in [0.4, 0.5) is 26.3 Å². The third kappa shape index (κ3) is 3.68. The lowest BCUT2D eigenvalue weighted by atomic mass is 10.3. The Balaban J connectivity index is 3.25. The van der Waals surface area contributed by atoms with Crippen LogP contribution in [0, 0.1) is 3.57 Å². The summed E-state index contributed by atoms with van der Waals surface area (Å²) >= 11 is 0.596. The molecule has 1 aromatic rings. The fourth-order valence-electron chi connectivity index (χ4n) is 0.845. The number of alkyl halides is 6. The molecule has 90 valence electrons. The average molecular weight is 373 g/mol. The van der Waals surface area contributed by atoms with E-state index in [1.54, 1.807) is 0 Å². The maximum Gasteiger partial charge on any atom is 0.446 e. The van der Waals surface area contributed by atoms with Gasteiger partial charge in [0.1, 0.15) is 0 Å². The monoisotopic (exact) mass is 373 g/mol. The van der Waals surface area contributed by atoms with E-state index in [1.165, 1.54) is 22.6 Å². The normalized spacial score (nSPS) is 12.9. The van der Waals surface area contributed by atoms with E-state index in [0.29, 0.717) is 6.20 Å². The minimum Gasteiger partial charge on any atom is -0.263 e. The number of hydrogen-bond acceptors (Lipinski definition) is 2. The standard InChI is InChI=1S/C7H2F6INS/c8-6(9,10)3-1-15-2-4(14)5(3)16-7(11,12)13/h1-2H. The first kappa shape index (κ1) is 13.9. The molecule has 9 heteroatoms. The van der Waals surface area contributed by atoms with Gasteiger partial charge in [-0.25, -0.2) is 0 Å². The van der Waals surface area contributed by atoms with Crippen molar-refractivity contribution in [2.24, 2.45) is 0 Å². The summed E-state index contributed by atoms with van der Waals surface area (Å²) in [6, 6.07) is 0. The van der Waals surface area contributed by atoms with Crippen molar-refractivity contribution in [1.82, 2.24) is 4.98 Å². The second kappa shape index (κ2) is 4.59. The van der Waals surface area contributed by atoms with Crippen molar-refractivity contribution in [2.75, 3.05) is 0 Å². The smallest absolute Gasteiger partial charge is 0.263 e. The Morgan fingerprint density at radius 3 is 2.06 bits per heavy atom. The van der Waals surface area contributed by atoms with E-state index in [1.807, 2.05) is 0 Å². The minimum atomic E-state index is -4.85. The van der Waals surface area contributed by atoms with E-state index in [-0.39, 0.29) is 3.57 Å². The maximum absolute atomic E-state index is 12.4. The zero-order valence-electron chi connectivity index (χ0n) is 7.16. The van der Waals surface area contributed by atoms with Gasteiger partial charge < -0.3 is 0 Å². The van der Waals surface area contributed by atoms with Crippen LogP contribution in [-0.2, 0) is 6.18 Å². The Morgan fingerprint density at radius 2 is 1.62 bits per heavy atom. The molecule has 0 aromatic carbocycles. The van der Waals surface area contributed by atoms with E-state index >= 15 is 0 Å². The highest BCUT2D eigenvalue weighted by Crippen LogP contribution is 2.44. The van der Waals surface area contributed by atoms with Gasteiger partial charge in [-0.1, -0.05) is 0 Å². The molecule has 0 fully saturated rings. The van der Waals surface area contributed by atoms with Crippen molar-refractivity contribution in [2.45, 2.75) is 16.6 Å². The van der Waals surface area contributed by atoms with Crippen molar-refractivity contribution in [3.05, 3.63) is 21.5 Å². The van der Waals surface area contributed by atoms with Crippen LogP contribution < -0.4 is 0 Å². The molecular weight excluding hydrogens is 371 g/mol. The highest BCUT2D eigenvalue weighted by molar-refractivity contribution is 14.1. The van der Waals surface area contributed by atoms with E-state index in [4.69, 9.17) is 0 Å². The fourth-order valence-corrected chi connectivity index (χ4v) is 2.29. The summed E-state index contributed by atoms with van der Waals surface area (Å²) in [5.41, 5.74) is -6.14. The average Bonchev–Trinajstić information content (AvgIpc) is 2.04. The van der Waals surface area contributed by atoms with Gasteiger partial charge >= 0.3 is 11.7 Å². The highest BCUT2D eigenvalue weighted by atomic mass is 127. The van der Waals surface area contributed by atoms with Gasteiger partial charge in [-0.05, 0) is 34.4 Å². The molecule has 1 heterocycles. The van der Waals surface area contributed by atoms with Gasteiger partial charge in [0.05, 0.1) is 5.56 Å². The Bertz CT molecular complexity index is 387. The van der Waals surface area contributed by atoms with Crippen LogP contribution in [0.15, 0.2) is 17.3 Å². The van der Waals surface area contributed by atoms with Crippen LogP contribution in [-0.4, -0.2) is 10.5 Å². The maximum atomic E-state index is 12.4. The van der Waals surface area contributed by atoms with E-state index in [0.717, 1.165) is 6.20 Å². The summed E-state index contributed by atoms with van der Waals surface area (Å²) in [7, 11) is 0. The van der Waals surface area contributed by atoms with Gasteiger partial charge in [0, 0.05) is 20.9 Å². The first-order valence-electron chi connectivity index (χ1n) is 3.57. The molecule has 0 N–H and O–H groups in total. The molecule has 0 saturated carbocycles. The quantitative estimate of drug-likeness (QED) is 0.413. The third-order valence-electron chi connectivity index (χ3n) is 1.38. The molecular formula is C7H2F6INS. The Morgan fingerprint density at radius 1 is 1.06 bits per heavy atom. The van der Waals surface area contributed by atoms with Gasteiger partial charge in [-0.2, -0.15) is 26.3 Å². The van der Waals surface area contributed by atoms with Crippen molar-refractivity contribution < 1.29 is 26.3 Å². The lowest BCUT2D eigenvalue weighted by molar-refractivity contribution is -0.140. The van der Waals surface area contributed by atoms with Gasteiger partial charge in [0.2, 0.25) is 0 Å². The molecule has 16 heavy (non-hydrogen) atoms. The van der Waals surface area contributed by atoms with Gasteiger partial charge in [0.25, 0.3) is 0 Å². The van der Waals surface area contributed by atoms with Crippen molar-refractivity contribution in [1.29, 1.82) is 0 Å². The van der Waals surface area contributed by atoms with Gasteiger partial charge in [-0.15, -0.1) is 0 Å². The van der Waals surface area contributed by atoms with Gasteiger partial charge in [-0.3, -0.25) is 4.98 Å². The Labute approximate surface area is 104 Å². The van der Waals surface area contributed by atoms with Crippen LogP contribution >= 0.6 is 34.4 Å². The van der Waals surface area contributed by atoms with Crippen LogP contribution in [0.3, 0.4) is 0 Å². The van der Waals surface area contributed by atoms with Crippen molar-refractivity contribution in [3.63, 3.8) is 0 Å². The van der Waals surface area contributed by atoms with Crippen LogP contribution in [0.1, 0.15) is 5.56 Å². The molecule has 0 unspecified atom stereocenters. The summed E-state index contributed by atoms with van der Waals surface area (Å²) in [6.45, 7) is 0. The lowest BCUT2D eigenvalue weighted by Crippen LogP contribution is -2.11. The topological polar surface area (TPSA) is 12.9 Å². The summed E-state index contributed by atoms with van der Waals surface area (Å²) in [4.78, 5) is 2.37. The first-order valence-corrected chi connectivity index (χ1v) is 5.47.